The summed E-state index contributed by atoms with van der Waals surface area (Å²) < 4.78 is 1.53. The molecule has 0 spiro atoms. The highest BCUT2D eigenvalue weighted by Crippen LogP contribution is 2.24. The van der Waals surface area contributed by atoms with Crippen LogP contribution in [-0.4, -0.2) is 63.1 Å². The van der Waals surface area contributed by atoms with Crippen LogP contribution >= 0.6 is 0 Å². The minimum atomic E-state index is -1.09. The highest BCUT2D eigenvalue weighted by atomic mass is 16.4. The van der Waals surface area contributed by atoms with Crippen LogP contribution in [0.1, 0.15) is 23.0 Å². The molecule has 0 aliphatic carbocycles. The number of rotatable bonds is 3. The molecule has 1 atom stereocenters. The van der Waals surface area contributed by atoms with Gasteiger partial charge in [0, 0.05) is 19.6 Å². The van der Waals surface area contributed by atoms with Gasteiger partial charge in [-0.1, -0.05) is 5.21 Å². The third-order valence-corrected chi connectivity index (χ3v) is 3.69. The van der Waals surface area contributed by atoms with Gasteiger partial charge in [0.25, 0.3) is 0 Å². The summed E-state index contributed by atoms with van der Waals surface area (Å²) in [6.07, 6.45) is 2.30. The molecule has 8 nitrogen and oxygen atoms in total. The third kappa shape index (κ3) is 2.19. The number of carboxylic acids is 1. The number of nitrogens with zero attached hydrogens (tertiary/aromatic N) is 4. The number of amides is 1. The second kappa shape index (κ2) is 4.61. The molecule has 0 radical (unpaired) electrons. The molecule has 1 amide bonds. The van der Waals surface area contributed by atoms with Gasteiger partial charge in [-0.15, -0.1) is 5.10 Å². The van der Waals surface area contributed by atoms with E-state index in [1.807, 2.05) is 0 Å². The van der Waals surface area contributed by atoms with Gasteiger partial charge in [0.1, 0.15) is 0 Å². The Morgan fingerprint density at radius 1 is 1.42 bits per heavy atom. The molecule has 3 heterocycles. The average molecular weight is 265 g/mol. The first-order valence-electron chi connectivity index (χ1n) is 6.30. The van der Waals surface area contributed by atoms with Gasteiger partial charge >= 0.3 is 5.97 Å². The molecule has 2 N–H and O–H groups in total. The molecule has 0 aromatic carbocycles. The van der Waals surface area contributed by atoms with Gasteiger partial charge in [0.05, 0.1) is 18.2 Å². The molecule has 2 aliphatic heterocycles. The first kappa shape index (κ1) is 12.1. The molecule has 1 unspecified atom stereocenters. The van der Waals surface area contributed by atoms with Crippen molar-refractivity contribution in [1.82, 2.24) is 25.2 Å². The quantitative estimate of drug-likeness (QED) is 0.724. The molecule has 2 fully saturated rings. The lowest BCUT2D eigenvalue weighted by Gasteiger charge is -2.40. The van der Waals surface area contributed by atoms with Crippen molar-refractivity contribution in [2.75, 3.05) is 26.2 Å². The molecule has 1 aromatic rings. The van der Waals surface area contributed by atoms with Crippen molar-refractivity contribution in [3.05, 3.63) is 11.9 Å². The van der Waals surface area contributed by atoms with Crippen LogP contribution in [0.2, 0.25) is 0 Å². The van der Waals surface area contributed by atoms with E-state index in [0.717, 1.165) is 19.5 Å². The summed E-state index contributed by atoms with van der Waals surface area (Å²) in [6.45, 7) is 2.82. The van der Waals surface area contributed by atoms with Gasteiger partial charge in [-0.2, -0.15) is 0 Å². The predicted molar refractivity (Wildman–Crippen MR) is 63.6 cm³/mol. The number of hydrogen-bond acceptors (Lipinski definition) is 5. The number of carbonyl (C=O) groups is 2. The summed E-state index contributed by atoms with van der Waals surface area (Å²) in [7, 11) is 0. The van der Waals surface area contributed by atoms with Crippen LogP contribution in [0.3, 0.4) is 0 Å². The van der Waals surface area contributed by atoms with Crippen LogP contribution in [0.15, 0.2) is 6.20 Å². The largest absolute Gasteiger partial charge is 0.476 e. The number of aromatic carboxylic acids is 1. The molecule has 2 aliphatic rings. The van der Waals surface area contributed by atoms with Crippen LogP contribution in [0.5, 0.6) is 0 Å². The SMILES string of the molecule is O=C(O)c1cn(C2CN(C(=O)C3CCNC3)C2)nn1. The van der Waals surface area contributed by atoms with Gasteiger partial charge in [0.15, 0.2) is 5.69 Å². The molecular formula is C11H15N5O3. The Morgan fingerprint density at radius 3 is 2.79 bits per heavy atom. The normalized spacial score (nSPS) is 23.4. The van der Waals surface area contributed by atoms with E-state index in [9.17, 15) is 9.59 Å². The molecular weight excluding hydrogens is 250 g/mol. The van der Waals surface area contributed by atoms with Crippen LogP contribution in [0, 0.1) is 5.92 Å². The summed E-state index contributed by atoms with van der Waals surface area (Å²) >= 11 is 0. The van der Waals surface area contributed by atoms with Gasteiger partial charge in [0.2, 0.25) is 5.91 Å². The molecule has 1 aromatic heterocycles. The second-order valence-electron chi connectivity index (χ2n) is 4.98. The van der Waals surface area contributed by atoms with Crippen LogP contribution in [0.25, 0.3) is 0 Å². The monoisotopic (exact) mass is 265 g/mol. The maximum atomic E-state index is 12.1. The Morgan fingerprint density at radius 2 is 2.21 bits per heavy atom. The van der Waals surface area contributed by atoms with E-state index in [1.54, 1.807) is 4.90 Å². The number of likely N-dealkylation sites (tertiary alicyclic amines) is 1. The molecule has 8 heteroatoms. The molecule has 102 valence electrons. The lowest BCUT2D eigenvalue weighted by molar-refractivity contribution is -0.141. The van der Waals surface area contributed by atoms with Crippen molar-refractivity contribution in [3.8, 4) is 0 Å². The standard InChI is InChI=1S/C11H15N5O3/c17-10(7-1-2-12-3-7)15-4-8(5-15)16-6-9(11(18)19)13-14-16/h6-8,12H,1-5H2,(H,18,19). The van der Waals surface area contributed by atoms with E-state index in [1.165, 1.54) is 10.9 Å². The Bertz CT molecular complexity index is 502. The zero-order chi connectivity index (χ0) is 13.4. The van der Waals surface area contributed by atoms with Gasteiger partial charge in [-0.3, -0.25) is 4.79 Å². The fraction of sp³-hybridized carbons (Fsp3) is 0.636. The van der Waals surface area contributed by atoms with E-state index >= 15 is 0 Å². The summed E-state index contributed by atoms with van der Waals surface area (Å²) in [5, 5.41) is 19.3. The first-order valence-corrected chi connectivity index (χ1v) is 6.30. The lowest BCUT2D eigenvalue weighted by atomic mass is 10.0. The predicted octanol–water partition coefficient (Wildman–Crippen LogP) is -1.03. The van der Waals surface area contributed by atoms with Gasteiger partial charge in [-0.25, -0.2) is 9.48 Å². The van der Waals surface area contributed by atoms with E-state index in [0.29, 0.717) is 13.1 Å². The Kier molecular flexibility index (Phi) is 2.94. The van der Waals surface area contributed by atoms with Crippen molar-refractivity contribution in [3.63, 3.8) is 0 Å². The molecule has 0 bridgehead atoms. The zero-order valence-electron chi connectivity index (χ0n) is 10.3. The Balaban J connectivity index is 1.56. The van der Waals surface area contributed by atoms with Crippen molar-refractivity contribution >= 4 is 11.9 Å². The maximum absolute atomic E-state index is 12.1. The number of hydrogen-bond donors (Lipinski definition) is 2. The fourth-order valence-electron chi connectivity index (χ4n) is 2.48. The first-order chi connectivity index (χ1) is 9.15. The van der Waals surface area contributed by atoms with Crippen LogP contribution < -0.4 is 5.32 Å². The zero-order valence-corrected chi connectivity index (χ0v) is 10.3. The Labute approximate surface area is 109 Å². The fourth-order valence-corrected chi connectivity index (χ4v) is 2.48. The number of nitrogens with one attached hydrogen (secondary N) is 1. The summed E-state index contributed by atoms with van der Waals surface area (Å²) in [5.41, 5.74) is -0.0650. The van der Waals surface area contributed by atoms with Crippen LogP contribution in [0.4, 0.5) is 0 Å². The summed E-state index contributed by atoms with van der Waals surface area (Å²) in [6, 6.07) is 0.0407. The molecule has 0 saturated carbocycles. The number of aromatic nitrogens is 3. The summed E-state index contributed by atoms with van der Waals surface area (Å²) in [4.78, 5) is 24.6. The number of carbonyl (C=O) groups excluding carboxylic acids is 1. The highest BCUT2D eigenvalue weighted by molar-refractivity contribution is 5.84. The Hall–Kier alpha value is -1.96. The van der Waals surface area contributed by atoms with Crippen molar-refractivity contribution in [1.29, 1.82) is 0 Å². The highest BCUT2D eigenvalue weighted by Gasteiger charge is 2.37. The molecule has 19 heavy (non-hydrogen) atoms. The minimum absolute atomic E-state index is 0.0407. The van der Waals surface area contributed by atoms with Gasteiger partial charge < -0.3 is 15.3 Å². The average Bonchev–Trinajstić information content (AvgIpc) is 2.98. The summed E-state index contributed by atoms with van der Waals surface area (Å²) in [5.74, 6) is -0.818. The van der Waals surface area contributed by atoms with E-state index in [4.69, 9.17) is 5.11 Å². The minimum Gasteiger partial charge on any atom is -0.476 e. The third-order valence-electron chi connectivity index (χ3n) is 3.69. The van der Waals surface area contributed by atoms with Crippen molar-refractivity contribution in [2.24, 2.45) is 5.92 Å². The van der Waals surface area contributed by atoms with E-state index in [-0.39, 0.29) is 23.6 Å². The number of carboxylic acid groups (broad SMARTS) is 1. The second-order valence-corrected chi connectivity index (χ2v) is 4.98. The lowest BCUT2D eigenvalue weighted by Crippen LogP contribution is -2.53. The van der Waals surface area contributed by atoms with Crippen molar-refractivity contribution < 1.29 is 14.7 Å². The topological polar surface area (TPSA) is 100 Å². The molecule has 2 saturated heterocycles. The van der Waals surface area contributed by atoms with E-state index < -0.39 is 5.97 Å². The maximum Gasteiger partial charge on any atom is 0.358 e. The molecule has 3 rings (SSSR count). The van der Waals surface area contributed by atoms with Crippen molar-refractivity contribution in [2.45, 2.75) is 12.5 Å². The van der Waals surface area contributed by atoms with Gasteiger partial charge in [-0.05, 0) is 13.0 Å². The van der Waals surface area contributed by atoms with E-state index in [2.05, 4.69) is 15.6 Å². The smallest absolute Gasteiger partial charge is 0.358 e. The van der Waals surface area contributed by atoms with Crippen LogP contribution in [-0.2, 0) is 4.79 Å².